The molecular formula is C20H14F4N2O4S. The van der Waals surface area contributed by atoms with Gasteiger partial charge in [0.2, 0.25) is 0 Å². The van der Waals surface area contributed by atoms with Crippen LogP contribution in [0.2, 0.25) is 0 Å². The fourth-order valence-corrected chi connectivity index (χ4v) is 3.24. The van der Waals surface area contributed by atoms with Gasteiger partial charge in [0.05, 0.1) is 11.1 Å². The molecule has 1 amide bonds. The molecule has 3 aromatic rings. The van der Waals surface area contributed by atoms with Gasteiger partial charge in [0.1, 0.15) is 5.75 Å². The molecular weight excluding hydrogens is 440 g/mol. The van der Waals surface area contributed by atoms with Crippen LogP contribution < -0.4 is 10.1 Å². The van der Waals surface area contributed by atoms with Crippen molar-refractivity contribution < 1.29 is 35.5 Å². The Morgan fingerprint density at radius 1 is 1.06 bits per heavy atom. The van der Waals surface area contributed by atoms with Crippen LogP contribution in [-0.4, -0.2) is 24.8 Å². The van der Waals surface area contributed by atoms with E-state index in [1.807, 2.05) is 0 Å². The van der Waals surface area contributed by atoms with Crippen LogP contribution in [0, 0.1) is 5.82 Å². The Morgan fingerprint density at radius 3 is 2.35 bits per heavy atom. The number of carbonyl (C=O) groups excluding carboxylic acids is 1. The van der Waals surface area contributed by atoms with Crippen LogP contribution in [0.5, 0.6) is 11.5 Å². The predicted molar refractivity (Wildman–Crippen MR) is 102 cm³/mol. The number of halogens is 4. The SMILES string of the molecule is O=C(NCc1ccc(Oc2cccnc2)c(F)c1)c1ccc(S(=O)(=O)C(F)(F)F)cc1. The highest BCUT2D eigenvalue weighted by molar-refractivity contribution is 7.92. The number of nitrogens with one attached hydrogen (secondary N) is 1. The quantitative estimate of drug-likeness (QED) is 0.564. The number of rotatable bonds is 6. The monoisotopic (exact) mass is 454 g/mol. The summed E-state index contributed by atoms with van der Waals surface area (Å²) in [6.45, 7) is -0.0779. The van der Waals surface area contributed by atoms with Crippen molar-refractivity contribution >= 4 is 15.7 Å². The maximum absolute atomic E-state index is 14.2. The number of carbonyl (C=O) groups is 1. The minimum absolute atomic E-state index is 0.0375. The molecule has 1 N–H and O–H groups in total. The predicted octanol–water partition coefficient (Wildman–Crippen LogP) is 4.24. The lowest BCUT2D eigenvalue weighted by Crippen LogP contribution is -2.24. The first kappa shape index (κ1) is 22.2. The van der Waals surface area contributed by atoms with Gasteiger partial charge in [0, 0.05) is 18.3 Å². The van der Waals surface area contributed by atoms with Crippen molar-refractivity contribution in [3.05, 3.63) is 83.9 Å². The number of amides is 1. The molecule has 0 aliphatic carbocycles. The van der Waals surface area contributed by atoms with E-state index in [4.69, 9.17) is 4.74 Å². The molecule has 0 spiro atoms. The summed E-state index contributed by atoms with van der Waals surface area (Å²) in [5, 5.41) is 2.47. The number of hydrogen-bond donors (Lipinski definition) is 1. The highest BCUT2D eigenvalue weighted by Gasteiger charge is 2.46. The van der Waals surface area contributed by atoms with E-state index in [9.17, 15) is 30.8 Å². The molecule has 162 valence electrons. The summed E-state index contributed by atoms with van der Waals surface area (Å²) in [6.07, 6.45) is 2.95. The number of ether oxygens (including phenoxy) is 1. The average molecular weight is 454 g/mol. The summed E-state index contributed by atoms with van der Waals surface area (Å²) in [5.41, 5.74) is -5.09. The number of alkyl halides is 3. The van der Waals surface area contributed by atoms with Gasteiger partial charge < -0.3 is 10.1 Å². The molecule has 1 heterocycles. The van der Waals surface area contributed by atoms with Crippen molar-refractivity contribution in [2.75, 3.05) is 0 Å². The molecule has 0 unspecified atom stereocenters. The molecule has 11 heteroatoms. The van der Waals surface area contributed by atoms with Crippen molar-refractivity contribution in [1.82, 2.24) is 10.3 Å². The minimum atomic E-state index is -5.49. The number of nitrogens with zero attached hydrogens (tertiary/aromatic N) is 1. The van der Waals surface area contributed by atoms with Crippen molar-refractivity contribution in [1.29, 1.82) is 0 Å². The average Bonchev–Trinajstić information content (AvgIpc) is 2.74. The lowest BCUT2D eigenvalue weighted by molar-refractivity contribution is -0.0436. The largest absolute Gasteiger partial charge is 0.501 e. The zero-order chi connectivity index (χ0) is 22.6. The first-order chi connectivity index (χ1) is 14.6. The van der Waals surface area contributed by atoms with E-state index < -0.39 is 32.0 Å². The van der Waals surface area contributed by atoms with Crippen molar-refractivity contribution in [3.8, 4) is 11.5 Å². The first-order valence-electron chi connectivity index (χ1n) is 8.64. The second kappa shape index (κ2) is 8.72. The van der Waals surface area contributed by atoms with Crippen LogP contribution in [-0.2, 0) is 16.4 Å². The Morgan fingerprint density at radius 2 is 1.77 bits per heavy atom. The number of pyridine rings is 1. The maximum atomic E-state index is 14.2. The molecule has 0 fully saturated rings. The number of benzene rings is 2. The van der Waals surface area contributed by atoms with Crippen LogP contribution >= 0.6 is 0 Å². The van der Waals surface area contributed by atoms with Gasteiger partial charge in [-0.05, 0) is 54.1 Å². The highest BCUT2D eigenvalue weighted by Crippen LogP contribution is 2.30. The molecule has 31 heavy (non-hydrogen) atoms. The van der Waals surface area contributed by atoms with Crippen LogP contribution in [0.3, 0.4) is 0 Å². The molecule has 0 aliphatic rings. The fraction of sp³-hybridized carbons (Fsp3) is 0.100. The normalized spacial score (nSPS) is 11.7. The van der Waals surface area contributed by atoms with E-state index in [1.165, 1.54) is 24.5 Å². The molecule has 0 aliphatic heterocycles. The Hall–Kier alpha value is -3.47. The third kappa shape index (κ3) is 5.18. The van der Waals surface area contributed by atoms with E-state index >= 15 is 0 Å². The van der Waals surface area contributed by atoms with Gasteiger partial charge in [-0.1, -0.05) is 6.07 Å². The second-order valence-electron chi connectivity index (χ2n) is 6.21. The van der Waals surface area contributed by atoms with Gasteiger partial charge in [-0.15, -0.1) is 0 Å². The van der Waals surface area contributed by atoms with Crippen molar-refractivity contribution in [2.24, 2.45) is 0 Å². The second-order valence-corrected chi connectivity index (χ2v) is 8.15. The minimum Gasteiger partial charge on any atom is -0.453 e. The Balaban J connectivity index is 1.63. The molecule has 2 aromatic carbocycles. The molecule has 1 aromatic heterocycles. The van der Waals surface area contributed by atoms with Gasteiger partial charge in [-0.2, -0.15) is 13.2 Å². The summed E-state index contributed by atoms with van der Waals surface area (Å²) in [4.78, 5) is 15.0. The van der Waals surface area contributed by atoms with E-state index in [0.717, 1.165) is 18.2 Å². The number of aromatic nitrogens is 1. The van der Waals surface area contributed by atoms with E-state index in [1.54, 1.807) is 12.1 Å². The molecule has 6 nitrogen and oxygen atoms in total. The van der Waals surface area contributed by atoms with Crippen LogP contribution in [0.25, 0.3) is 0 Å². The lowest BCUT2D eigenvalue weighted by Gasteiger charge is -2.10. The molecule has 3 rings (SSSR count). The first-order valence-corrected chi connectivity index (χ1v) is 10.1. The van der Waals surface area contributed by atoms with Gasteiger partial charge in [0.15, 0.2) is 11.6 Å². The van der Waals surface area contributed by atoms with E-state index in [0.29, 0.717) is 23.4 Å². The van der Waals surface area contributed by atoms with Crippen LogP contribution in [0.4, 0.5) is 17.6 Å². The van der Waals surface area contributed by atoms with Crippen LogP contribution in [0.1, 0.15) is 15.9 Å². The third-order valence-electron chi connectivity index (χ3n) is 4.04. The Kier molecular flexibility index (Phi) is 6.25. The third-order valence-corrected chi connectivity index (χ3v) is 5.55. The van der Waals surface area contributed by atoms with E-state index in [-0.39, 0.29) is 17.9 Å². The summed E-state index contributed by atoms with van der Waals surface area (Å²) in [6, 6.07) is 10.6. The van der Waals surface area contributed by atoms with Crippen molar-refractivity contribution in [3.63, 3.8) is 0 Å². The van der Waals surface area contributed by atoms with Gasteiger partial charge >= 0.3 is 5.51 Å². The summed E-state index contributed by atoms with van der Waals surface area (Å²) in [5.74, 6) is -1.03. The Bertz CT molecular complexity index is 1180. The van der Waals surface area contributed by atoms with Crippen molar-refractivity contribution in [2.45, 2.75) is 16.9 Å². The molecule has 0 radical (unpaired) electrons. The zero-order valence-electron chi connectivity index (χ0n) is 15.6. The molecule has 0 saturated carbocycles. The van der Waals surface area contributed by atoms with Gasteiger partial charge in [-0.25, -0.2) is 12.8 Å². The lowest BCUT2D eigenvalue weighted by atomic mass is 10.2. The fourth-order valence-electron chi connectivity index (χ4n) is 2.48. The van der Waals surface area contributed by atoms with Crippen LogP contribution in [0.15, 0.2) is 71.9 Å². The highest BCUT2D eigenvalue weighted by atomic mass is 32.2. The molecule has 0 saturated heterocycles. The maximum Gasteiger partial charge on any atom is 0.501 e. The summed E-state index contributed by atoms with van der Waals surface area (Å²) >= 11 is 0. The van der Waals surface area contributed by atoms with E-state index in [2.05, 4.69) is 10.3 Å². The smallest absolute Gasteiger partial charge is 0.453 e. The number of hydrogen-bond acceptors (Lipinski definition) is 5. The van der Waals surface area contributed by atoms with Gasteiger partial charge in [-0.3, -0.25) is 9.78 Å². The Labute approximate surface area is 174 Å². The summed E-state index contributed by atoms with van der Waals surface area (Å²) in [7, 11) is -5.49. The summed E-state index contributed by atoms with van der Waals surface area (Å²) < 4.78 is 80.0. The topological polar surface area (TPSA) is 85.4 Å². The number of sulfone groups is 1. The standard InChI is InChI=1S/C20H14F4N2O4S/c21-17-10-13(3-8-18(17)30-15-2-1-9-25-12-15)11-26-19(27)14-4-6-16(7-5-14)31(28,29)20(22,23)24/h1-10,12H,11H2,(H,26,27). The molecule has 0 atom stereocenters. The van der Waals surface area contributed by atoms with Gasteiger partial charge in [0.25, 0.3) is 15.7 Å². The zero-order valence-corrected chi connectivity index (χ0v) is 16.4. The molecule has 0 bridgehead atoms.